The largest absolute Gasteiger partial charge is 0.310 e. The van der Waals surface area contributed by atoms with Gasteiger partial charge in [0.05, 0.1) is 0 Å². The molecule has 2 unspecified atom stereocenters. The van der Waals surface area contributed by atoms with E-state index in [4.69, 9.17) is 0 Å². The summed E-state index contributed by atoms with van der Waals surface area (Å²) < 4.78 is 0. The Morgan fingerprint density at radius 3 is 1.09 bits per heavy atom. The molecule has 2 heteroatoms. The monoisotopic (exact) mass is 444 g/mol. The van der Waals surface area contributed by atoms with Crippen LogP contribution in [0.25, 0.3) is 0 Å². The van der Waals surface area contributed by atoms with Gasteiger partial charge in [-0.2, -0.15) is 0 Å². The summed E-state index contributed by atoms with van der Waals surface area (Å²) in [6, 6.07) is 10.6. The lowest BCUT2D eigenvalue weighted by molar-refractivity contribution is 0.470. The average molecular weight is 445 g/mol. The summed E-state index contributed by atoms with van der Waals surface area (Å²) in [5, 5.41) is 7.46. The second-order valence-corrected chi connectivity index (χ2v) is 9.71. The van der Waals surface area contributed by atoms with E-state index in [0.29, 0.717) is 12.1 Å². The molecule has 2 atom stereocenters. The molecular weight excluding hydrogens is 388 g/mol. The van der Waals surface area contributed by atoms with Crippen molar-refractivity contribution in [2.75, 3.05) is 13.1 Å². The Hall–Kier alpha value is -0.860. The normalized spacial score (nSPS) is 13.4. The summed E-state index contributed by atoms with van der Waals surface area (Å²) in [6.07, 6.45) is 21.9. The molecule has 0 saturated heterocycles. The average Bonchev–Trinajstić information content (AvgIpc) is 2.81. The lowest BCUT2D eigenvalue weighted by Crippen LogP contribution is -2.22. The van der Waals surface area contributed by atoms with Gasteiger partial charge in [0, 0.05) is 12.1 Å². The summed E-state index contributed by atoms with van der Waals surface area (Å²) in [5.74, 6) is 0. The van der Waals surface area contributed by atoms with Crippen LogP contribution in [0.1, 0.15) is 154 Å². The molecule has 1 aromatic carbocycles. The lowest BCUT2D eigenvalue weighted by atomic mass is 9.95. The van der Waals surface area contributed by atoms with E-state index in [1.807, 2.05) is 0 Å². The maximum atomic E-state index is 3.73. The van der Waals surface area contributed by atoms with Gasteiger partial charge in [-0.25, -0.2) is 0 Å². The molecule has 2 nitrogen and oxygen atoms in total. The van der Waals surface area contributed by atoms with Gasteiger partial charge in [-0.15, -0.1) is 0 Å². The highest BCUT2D eigenvalue weighted by Gasteiger charge is 2.13. The van der Waals surface area contributed by atoms with Crippen LogP contribution < -0.4 is 10.6 Å². The Bertz CT molecular complexity index is 463. The number of unbranched alkanes of at least 4 members (excludes halogenated alkanes) is 12. The first-order chi connectivity index (χ1) is 15.8. The zero-order chi connectivity index (χ0) is 23.3. The molecule has 0 saturated carbocycles. The molecule has 1 aromatic rings. The van der Waals surface area contributed by atoms with Gasteiger partial charge >= 0.3 is 0 Å². The summed E-state index contributed by atoms with van der Waals surface area (Å²) >= 11 is 0. The third kappa shape index (κ3) is 13.6. The van der Waals surface area contributed by atoms with Crippen LogP contribution in [0.5, 0.6) is 0 Å². The molecule has 0 radical (unpaired) electrons. The Labute approximate surface area is 201 Å². The summed E-state index contributed by atoms with van der Waals surface area (Å²) in [5.41, 5.74) is 2.93. The van der Waals surface area contributed by atoms with Gasteiger partial charge in [0.1, 0.15) is 0 Å². The van der Waals surface area contributed by atoms with E-state index in [1.165, 1.54) is 114 Å². The van der Waals surface area contributed by atoms with E-state index in [2.05, 4.69) is 62.6 Å². The number of benzene rings is 1. The highest BCUT2D eigenvalue weighted by molar-refractivity contribution is 5.27. The first kappa shape index (κ1) is 29.2. The van der Waals surface area contributed by atoms with Crippen LogP contribution in [-0.2, 0) is 0 Å². The number of nitrogens with one attached hydrogen (secondary N) is 2. The Kier molecular flexibility index (Phi) is 18.9. The first-order valence-electron chi connectivity index (χ1n) is 14.3. The molecule has 0 aliphatic carbocycles. The SMILES string of the molecule is CCCCCCCCCC(NCC)c1ccc(C(CCCCCCCCC)NCC)cc1. The number of rotatable bonds is 22. The molecular formula is C30H56N2. The minimum atomic E-state index is 0.505. The molecule has 32 heavy (non-hydrogen) atoms. The predicted octanol–water partition coefficient (Wildman–Crippen LogP) is 9.27. The van der Waals surface area contributed by atoms with Crippen molar-refractivity contribution in [2.45, 2.75) is 143 Å². The second kappa shape index (κ2) is 20.7. The highest BCUT2D eigenvalue weighted by atomic mass is 14.9. The molecule has 0 spiro atoms. The van der Waals surface area contributed by atoms with Gasteiger partial charge in [0.25, 0.3) is 0 Å². The molecule has 0 fully saturated rings. The van der Waals surface area contributed by atoms with Crippen LogP contribution in [-0.4, -0.2) is 13.1 Å². The van der Waals surface area contributed by atoms with Crippen LogP contribution in [0.15, 0.2) is 24.3 Å². The summed E-state index contributed by atoms with van der Waals surface area (Å²) in [4.78, 5) is 0. The van der Waals surface area contributed by atoms with Crippen molar-refractivity contribution in [1.29, 1.82) is 0 Å². The fourth-order valence-corrected chi connectivity index (χ4v) is 4.84. The fourth-order valence-electron chi connectivity index (χ4n) is 4.84. The van der Waals surface area contributed by atoms with Gasteiger partial charge < -0.3 is 10.6 Å². The maximum absolute atomic E-state index is 3.73. The van der Waals surface area contributed by atoms with Crippen LogP contribution in [0.4, 0.5) is 0 Å². The van der Waals surface area contributed by atoms with E-state index < -0.39 is 0 Å². The standard InChI is InChI=1S/C30H56N2/c1-5-9-11-13-15-17-19-21-29(31-7-3)27-23-25-28(26-24-27)30(32-8-4)22-20-18-16-14-12-10-6-2/h23-26,29-32H,5-22H2,1-4H3. The topological polar surface area (TPSA) is 24.1 Å². The number of hydrogen-bond acceptors (Lipinski definition) is 2. The van der Waals surface area contributed by atoms with E-state index in [-0.39, 0.29) is 0 Å². The van der Waals surface area contributed by atoms with Gasteiger partial charge in [-0.05, 0) is 37.1 Å². The second-order valence-electron chi connectivity index (χ2n) is 9.71. The molecule has 0 heterocycles. The molecule has 186 valence electrons. The Morgan fingerprint density at radius 1 is 0.469 bits per heavy atom. The summed E-state index contributed by atoms with van der Waals surface area (Å²) in [7, 11) is 0. The summed E-state index contributed by atoms with van der Waals surface area (Å²) in [6.45, 7) is 11.1. The van der Waals surface area contributed by atoms with Crippen molar-refractivity contribution in [2.24, 2.45) is 0 Å². The van der Waals surface area contributed by atoms with Gasteiger partial charge in [-0.1, -0.05) is 142 Å². The molecule has 2 N–H and O–H groups in total. The smallest absolute Gasteiger partial charge is 0.0320 e. The zero-order valence-corrected chi connectivity index (χ0v) is 22.2. The predicted molar refractivity (Wildman–Crippen MR) is 144 cm³/mol. The molecule has 0 aliphatic rings. The van der Waals surface area contributed by atoms with Gasteiger partial charge in [0.2, 0.25) is 0 Å². The molecule has 1 rings (SSSR count). The zero-order valence-electron chi connectivity index (χ0n) is 22.2. The molecule has 0 aliphatic heterocycles. The van der Waals surface area contributed by atoms with Crippen LogP contribution in [0, 0.1) is 0 Å². The quantitative estimate of drug-likeness (QED) is 0.174. The van der Waals surface area contributed by atoms with Crippen molar-refractivity contribution in [3.63, 3.8) is 0 Å². The minimum absolute atomic E-state index is 0.505. The first-order valence-corrected chi connectivity index (χ1v) is 14.3. The minimum Gasteiger partial charge on any atom is -0.310 e. The number of hydrogen-bond donors (Lipinski definition) is 2. The van der Waals surface area contributed by atoms with Crippen LogP contribution in [0.3, 0.4) is 0 Å². The Balaban J connectivity index is 2.47. The van der Waals surface area contributed by atoms with E-state index in [0.717, 1.165) is 13.1 Å². The highest BCUT2D eigenvalue weighted by Crippen LogP contribution is 2.25. The van der Waals surface area contributed by atoms with Gasteiger partial charge in [-0.3, -0.25) is 0 Å². The van der Waals surface area contributed by atoms with Crippen molar-refractivity contribution in [3.05, 3.63) is 35.4 Å². The van der Waals surface area contributed by atoms with Crippen molar-refractivity contribution in [1.82, 2.24) is 10.6 Å². The van der Waals surface area contributed by atoms with Crippen molar-refractivity contribution in [3.8, 4) is 0 Å². The van der Waals surface area contributed by atoms with Crippen molar-refractivity contribution >= 4 is 0 Å². The van der Waals surface area contributed by atoms with E-state index in [1.54, 1.807) is 0 Å². The third-order valence-corrected chi connectivity index (χ3v) is 6.83. The van der Waals surface area contributed by atoms with Crippen LogP contribution >= 0.6 is 0 Å². The lowest BCUT2D eigenvalue weighted by Gasteiger charge is -2.22. The van der Waals surface area contributed by atoms with Crippen LogP contribution in [0.2, 0.25) is 0 Å². The molecule has 0 aromatic heterocycles. The maximum Gasteiger partial charge on any atom is 0.0320 e. The van der Waals surface area contributed by atoms with Gasteiger partial charge in [0.15, 0.2) is 0 Å². The van der Waals surface area contributed by atoms with Crippen molar-refractivity contribution < 1.29 is 0 Å². The van der Waals surface area contributed by atoms with E-state index in [9.17, 15) is 0 Å². The molecule has 0 amide bonds. The molecule has 0 bridgehead atoms. The Morgan fingerprint density at radius 2 is 0.781 bits per heavy atom. The van der Waals surface area contributed by atoms with E-state index >= 15 is 0 Å². The third-order valence-electron chi connectivity index (χ3n) is 6.83. The fraction of sp³-hybridized carbons (Fsp3) is 0.800.